The Labute approximate surface area is 118 Å². The summed E-state index contributed by atoms with van der Waals surface area (Å²) in [5, 5.41) is 3.30. The predicted octanol–water partition coefficient (Wildman–Crippen LogP) is 2.90. The Morgan fingerprint density at radius 2 is 2.10 bits per heavy atom. The van der Waals surface area contributed by atoms with Gasteiger partial charge in [-0.3, -0.25) is 4.79 Å². The average Bonchev–Trinajstić information content (AvgIpc) is 2.92. The van der Waals surface area contributed by atoms with Gasteiger partial charge in [-0.15, -0.1) is 0 Å². The summed E-state index contributed by atoms with van der Waals surface area (Å²) >= 11 is 0. The van der Waals surface area contributed by atoms with Crippen LogP contribution in [0.1, 0.15) is 34.3 Å². The van der Waals surface area contributed by atoms with Crippen molar-refractivity contribution in [2.75, 3.05) is 18.5 Å². The Morgan fingerprint density at radius 3 is 2.80 bits per heavy atom. The number of rotatable bonds is 2. The molecule has 1 N–H and O–H groups in total. The first kappa shape index (κ1) is 12.9. The van der Waals surface area contributed by atoms with Crippen LogP contribution in [0.15, 0.2) is 40.8 Å². The minimum absolute atomic E-state index is 0.0693. The summed E-state index contributed by atoms with van der Waals surface area (Å²) in [5.74, 6) is 1.09. The second-order valence-electron chi connectivity index (χ2n) is 5.06. The quantitative estimate of drug-likeness (QED) is 0.912. The molecule has 2 aromatic rings. The van der Waals surface area contributed by atoms with Crippen LogP contribution in [-0.2, 0) is 0 Å². The van der Waals surface area contributed by atoms with E-state index in [1.54, 1.807) is 11.0 Å². The molecule has 104 valence electrons. The molecular weight excluding hydrogens is 252 g/mol. The summed E-state index contributed by atoms with van der Waals surface area (Å²) in [7, 11) is 1.95. The summed E-state index contributed by atoms with van der Waals surface area (Å²) in [4.78, 5) is 14.4. The summed E-state index contributed by atoms with van der Waals surface area (Å²) < 4.78 is 5.46. The number of benzene rings is 1. The number of carbonyl (C=O) groups is 1. The molecule has 1 aromatic carbocycles. The van der Waals surface area contributed by atoms with Gasteiger partial charge in [0.2, 0.25) is 0 Å². The number of fused-ring (bicyclic) bond motifs is 1. The Hall–Kier alpha value is -2.07. The van der Waals surface area contributed by atoms with Crippen LogP contribution in [-0.4, -0.2) is 19.5 Å². The zero-order chi connectivity index (χ0) is 14.1. The summed E-state index contributed by atoms with van der Waals surface area (Å²) in [5.41, 5.74) is 2.13. The molecule has 0 fully saturated rings. The van der Waals surface area contributed by atoms with Gasteiger partial charge >= 0.3 is 0 Å². The van der Waals surface area contributed by atoms with Crippen LogP contribution in [0, 0.1) is 6.92 Å². The zero-order valence-corrected chi connectivity index (χ0v) is 11.7. The van der Waals surface area contributed by atoms with Crippen LogP contribution in [0.5, 0.6) is 0 Å². The van der Waals surface area contributed by atoms with Crippen LogP contribution in [0.4, 0.5) is 5.69 Å². The molecule has 1 aliphatic rings. The van der Waals surface area contributed by atoms with Crippen molar-refractivity contribution in [2.45, 2.75) is 19.4 Å². The first-order valence-corrected chi connectivity index (χ1v) is 6.85. The monoisotopic (exact) mass is 270 g/mol. The van der Waals surface area contributed by atoms with Gasteiger partial charge in [0.05, 0.1) is 0 Å². The van der Waals surface area contributed by atoms with Crippen molar-refractivity contribution in [1.29, 1.82) is 0 Å². The topological polar surface area (TPSA) is 45.5 Å². The number of hydrogen-bond acceptors (Lipinski definition) is 3. The molecule has 0 saturated heterocycles. The smallest absolute Gasteiger partial charge is 0.293 e. The second-order valence-corrected chi connectivity index (χ2v) is 5.06. The fraction of sp³-hybridized carbons (Fsp3) is 0.312. The maximum atomic E-state index is 12.6. The normalized spacial score (nSPS) is 17.9. The van der Waals surface area contributed by atoms with Crippen molar-refractivity contribution >= 4 is 11.6 Å². The third-order valence-electron chi connectivity index (χ3n) is 3.79. The lowest BCUT2D eigenvalue weighted by molar-refractivity contribution is 0.0955. The maximum absolute atomic E-state index is 12.6. The van der Waals surface area contributed by atoms with E-state index < -0.39 is 0 Å². The van der Waals surface area contributed by atoms with E-state index in [1.807, 2.05) is 38.2 Å². The van der Waals surface area contributed by atoms with Gasteiger partial charge in [-0.05, 0) is 44.2 Å². The number of nitrogens with zero attached hydrogens (tertiary/aromatic N) is 1. The van der Waals surface area contributed by atoms with Crippen molar-refractivity contribution in [3.63, 3.8) is 0 Å². The molecule has 1 unspecified atom stereocenters. The van der Waals surface area contributed by atoms with E-state index in [4.69, 9.17) is 4.42 Å². The van der Waals surface area contributed by atoms with E-state index in [-0.39, 0.29) is 5.91 Å². The molecule has 0 bridgehead atoms. The molecule has 4 nitrogen and oxygen atoms in total. The average molecular weight is 270 g/mol. The first-order chi connectivity index (χ1) is 9.70. The first-order valence-electron chi connectivity index (χ1n) is 6.85. The van der Waals surface area contributed by atoms with Gasteiger partial charge < -0.3 is 14.6 Å². The highest BCUT2D eigenvalue weighted by Crippen LogP contribution is 2.34. The number of aryl methyl sites for hydroxylation is 1. The molecule has 0 spiro atoms. The van der Waals surface area contributed by atoms with Gasteiger partial charge in [0, 0.05) is 18.3 Å². The minimum Gasteiger partial charge on any atom is -0.456 e. The SMILES string of the molecule is CNC1CCN(C(=O)c2ccc(C)o2)c2ccccc21. The molecule has 0 aliphatic carbocycles. The summed E-state index contributed by atoms with van der Waals surface area (Å²) in [6.45, 7) is 2.54. The van der Waals surface area contributed by atoms with Gasteiger partial charge in [0.25, 0.3) is 5.91 Å². The van der Waals surface area contributed by atoms with E-state index in [2.05, 4.69) is 11.4 Å². The van der Waals surface area contributed by atoms with E-state index >= 15 is 0 Å². The van der Waals surface area contributed by atoms with Crippen molar-refractivity contribution in [2.24, 2.45) is 0 Å². The van der Waals surface area contributed by atoms with Crippen molar-refractivity contribution < 1.29 is 9.21 Å². The molecule has 1 atom stereocenters. The number of hydrogen-bond donors (Lipinski definition) is 1. The second kappa shape index (κ2) is 5.13. The van der Waals surface area contributed by atoms with Crippen LogP contribution in [0.25, 0.3) is 0 Å². The molecule has 0 saturated carbocycles. The highest BCUT2D eigenvalue weighted by molar-refractivity contribution is 6.05. The minimum atomic E-state index is -0.0693. The van der Waals surface area contributed by atoms with Crippen LogP contribution in [0.2, 0.25) is 0 Å². The lowest BCUT2D eigenvalue weighted by Crippen LogP contribution is -2.38. The van der Waals surface area contributed by atoms with E-state index in [9.17, 15) is 4.79 Å². The number of amides is 1. The van der Waals surface area contributed by atoms with E-state index in [0.717, 1.165) is 23.4 Å². The van der Waals surface area contributed by atoms with Gasteiger partial charge in [0.15, 0.2) is 5.76 Å². The molecule has 1 aliphatic heterocycles. The Balaban J connectivity index is 1.97. The van der Waals surface area contributed by atoms with Crippen molar-refractivity contribution in [3.8, 4) is 0 Å². The fourth-order valence-corrected chi connectivity index (χ4v) is 2.76. The highest BCUT2D eigenvalue weighted by Gasteiger charge is 2.29. The molecule has 20 heavy (non-hydrogen) atoms. The van der Waals surface area contributed by atoms with Gasteiger partial charge in [-0.2, -0.15) is 0 Å². The molecule has 1 aromatic heterocycles. The lowest BCUT2D eigenvalue weighted by atomic mass is 9.96. The fourth-order valence-electron chi connectivity index (χ4n) is 2.76. The van der Waals surface area contributed by atoms with Crippen molar-refractivity contribution in [3.05, 3.63) is 53.5 Å². The lowest BCUT2D eigenvalue weighted by Gasteiger charge is -2.33. The van der Waals surface area contributed by atoms with E-state index in [0.29, 0.717) is 18.3 Å². The highest BCUT2D eigenvalue weighted by atomic mass is 16.3. The van der Waals surface area contributed by atoms with Crippen LogP contribution in [0.3, 0.4) is 0 Å². The zero-order valence-electron chi connectivity index (χ0n) is 11.7. The third kappa shape index (κ3) is 2.12. The molecule has 2 heterocycles. The Bertz CT molecular complexity index is 633. The maximum Gasteiger partial charge on any atom is 0.293 e. The molecular formula is C16H18N2O2. The number of furan rings is 1. The number of para-hydroxylation sites is 1. The van der Waals surface area contributed by atoms with Crippen LogP contribution < -0.4 is 10.2 Å². The van der Waals surface area contributed by atoms with Gasteiger partial charge in [-0.1, -0.05) is 18.2 Å². The third-order valence-corrected chi connectivity index (χ3v) is 3.79. The van der Waals surface area contributed by atoms with Crippen LogP contribution >= 0.6 is 0 Å². The molecule has 1 amide bonds. The Morgan fingerprint density at radius 1 is 1.30 bits per heavy atom. The number of anilines is 1. The molecule has 3 rings (SSSR count). The largest absolute Gasteiger partial charge is 0.456 e. The molecule has 4 heteroatoms. The summed E-state index contributed by atoms with van der Waals surface area (Å²) in [6, 6.07) is 11.9. The number of nitrogens with one attached hydrogen (secondary N) is 1. The van der Waals surface area contributed by atoms with E-state index in [1.165, 1.54) is 0 Å². The summed E-state index contributed by atoms with van der Waals surface area (Å²) in [6.07, 6.45) is 0.902. The molecule has 0 radical (unpaired) electrons. The Kier molecular flexibility index (Phi) is 3.32. The van der Waals surface area contributed by atoms with Crippen molar-refractivity contribution in [1.82, 2.24) is 5.32 Å². The van der Waals surface area contributed by atoms with Gasteiger partial charge in [-0.25, -0.2) is 0 Å². The van der Waals surface area contributed by atoms with Gasteiger partial charge in [0.1, 0.15) is 5.76 Å². The standard InChI is InChI=1S/C16H18N2O2/c1-11-7-8-15(20-11)16(19)18-10-9-13(17-2)12-5-3-4-6-14(12)18/h3-8,13,17H,9-10H2,1-2H3. The number of carbonyl (C=O) groups excluding carboxylic acids is 1. The predicted molar refractivity (Wildman–Crippen MR) is 78.0 cm³/mol.